The summed E-state index contributed by atoms with van der Waals surface area (Å²) in [4.78, 5) is -0.194. The minimum atomic E-state index is -4.15. The molecule has 10 heteroatoms. The zero-order chi connectivity index (χ0) is 18.5. The van der Waals surface area contributed by atoms with Gasteiger partial charge in [0.2, 0.25) is 0 Å². The van der Waals surface area contributed by atoms with Crippen molar-refractivity contribution in [2.75, 3.05) is 32.2 Å². The molecule has 0 aromatic heterocycles. The fraction of sp³-hybridized carbons (Fsp3) is 0.600. The molecule has 1 aromatic carbocycles. The molecule has 0 spiro atoms. The van der Waals surface area contributed by atoms with Gasteiger partial charge in [-0.1, -0.05) is 6.07 Å². The molecule has 0 N–H and O–H groups in total. The summed E-state index contributed by atoms with van der Waals surface area (Å²) in [7, 11) is -7.92. The normalized spacial score (nSPS) is 18.6. The summed E-state index contributed by atoms with van der Waals surface area (Å²) in [5.74, 6) is 0.799. The molecule has 142 valence electrons. The molecule has 1 saturated heterocycles. The SMILES string of the molecule is CCOP(=O)(OCC)c1ccc(C)cc1S(=O)(=O)OCC1OCCS1. The third-order valence-corrected chi connectivity index (χ3v) is 8.02. The Morgan fingerprint density at radius 3 is 2.52 bits per heavy atom. The first-order valence-electron chi connectivity index (χ1n) is 7.95. The van der Waals surface area contributed by atoms with Gasteiger partial charge in [0, 0.05) is 5.75 Å². The molecule has 25 heavy (non-hydrogen) atoms. The molecule has 1 aromatic rings. The number of thioether (sulfide) groups is 1. The van der Waals surface area contributed by atoms with Crippen molar-refractivity contribution in [2.45, 2.75) is 31.1 Å². The van der Waals surface area contributed by atoms with E-state index in [9.17, 15) is 13.0 Å². The van der Waals surface area contributed by atoms with Crippen LogP contribution in [0, 0.1) is 6.92 Å². The monoisotopic (exact) mass is 410 g/mol. The third-order valence-electron chi connectivity index (χ3n) is 3.33. The smallest absolute Gasteiger partial charge is 0.362 e. The lowest BCUT2D eigenvalue weighted by atomic mass is 10.2. The number of hydrogen-bond acceptors (Lipinski definition) is 8. The van der Waals surface area contributed by atoms with E-state index in [1.165, 1.54) is 23.9 Å². The van der Waals surface area contributed by atoms with Crippen LogP contribution in [-0.4, -0.2) is 46.0 Å². The Morgan fingerprint density at radius 1 is 1.28 bits per heavy atom. The van der Waals surface area contributed by atoms with Crippen molar-refractivity contribution in [1.82, 2.24) is 0 Å². The Morgan fingerprint density at radius 2 is 1.96 bits per heavy atom. The van der Waals surface area contributed by atoms with E-state index < -0.39 is 17.7 Å². The second kappa shape index (κ2) is 8.99. The van der Waals surface area contributed by atoms with Crippen LogP contribution in [0.2, 0.25) is 0 Å². The zero-order valence-corrected chi connectivity index (χ0v) is 17.0. The number of rotatable bonds is 9. The Labute approximate surface area is 153 Å². The van der Waals surface area contributed by atoms with Crippen LogP contribution >= 0.6 is 19.4 Å². The first kappa shape index (κ1) is 20.9. The van der Waals surface area contributed by atoms with E-state index in [-0.39, 0.29) is 35.5 Å². The summed E-state index contributed by atoms with van der Waals surface area (Å²) in [5, 5.41) is -0.0122. The second-order valence-corrected chi connectivity index (χ2v) is 10.1. The Balaban J connectivity index is 2.37. The van der Waals surface area contributed by atoms with Crippen LogP contribution < -0.4 is 5.30 Å². The first-order valence-corrected chi connectivity index (χ1v) is 12.0. The van der Waals surface area contributed by atoms with E-state index in [2.05, 4.69) is 0 Å². The summed E-state index contributed by atoms with van der Waals surface area (Å²) in [6, 6.07) is 4.53. The summed E-state index contributed by atoms with van der Waals surface area (Å²) in [5.41, 5.74) is 0.366. The highest BCUT2D eigenvalue weighted by atomic mass is 32.2. The van der Waals surface area contributed by atoms with Gasteiger partial charge in [-0.05, 0) is 38.5 Å². The van der Waals surface area contributed by atoms with Gasteiger partial charge in [-0.15, -0.1) is 11.8 Å². The first-order chi connectivity index (χ1) is 11.8. The van der Waals surface area contributed by atoms with Gasteiger partial charge in [0.15, 0.2) is 0 Å². The molecule has 7 nitrogen and oxygen atoms in total. The molecule has 1 atom stereocenters. The van der Waals surface area contributed by atoms with E-state index in [4.69, 9.17) is 18.0 Å². The number of hydrogen-bond donors (Lipinski definition) is 0. The van der Waals surface area contributed by atoms with Crippen LogP contribution in [0.4, 0.5) is 0 Å². The lowest BCUT2D eigenvalue weighted by molar-refractivity contribution is 0.103. The standard InChI is InChI=1S/C15H23O7PS2/c1-4-20-23(16,21-5-2)13-7-6-12(3)10-14(13)25(17,18)22-11-15-19-8-9-24-15/h6-7,10,15H,4-5,8-9,11H2,1-3H3. The van der Waals surface area contributed by atoms with Crippen LogP contribution in [0.15, 0.2) is 23.1 Å². The van der Waals surface area contributed by atoms with Crippen molar-refractivity contribution in [3.8, 4) is 0 Å². The summed E-state index contributed by atoms with van der Waals surface area (Å²) >= 11 is 1.49. The van der Waals surface area contributed by atoms with Crippen molar-refractivity contribution in [2.24, 2.45) is 0 Å². The van der Waals surface area contributed by atoms with Crippen LogP contribution in [0.3, 0.4) is 0 Å². The van der Waals surface area contributed by atoms with Crippen molar-refractivity contribution in [3.63, 3.8) is 0 Å². The molecule has 1 heterocycles. The highest BCUT2D eigenvalue weighted by molar-refractivity contribution is 8.00. The van der Waals surface area contributed by atoms with Crippen molar-refractivity contribution in [3.05, 3.63) is 23.8 Å². The highest BCUT2D eigenvalue weighted by Crippen LogP contribution is 2.48. The maximum absolute atomic E-state index is 13.1. The number of benzene rings is 1. The van der Waals surface area contributed by atoms with Crippen LogP contribution in [-0.2, 0) is 32.7 Å². The van der Waals surface area contributed by atoms with Gasteiger partial charge in [0.1, 0.15) is 16.9 Å². The van der Waals surface area contributed by atoms with Crippen LogP contribution in [0.25, 0.3) is 0 Å². The number of aryl methyl sites for hydroxylation is 1. The lowest BCUT2D eigenvalue weighted by Gasteiger charge is -2.20. The van der Waals surface area contributed by atoms with Crippen molar-refractivity contribution >= 4 is 34.8 Å². The molecule has 0 bridgehead atoms. The van der Waals surface area contributed by atoms with E-state index in [1.54, 1.807) is 26.8 Å². The minimum Gasteiger partial charge on any atom is -0.364 e. The fourth-order valence-corrected chi connectivity index (χ4v) is 6.55. The molecule has 0 radical (unpaired) electrons. The molecule has 1 fully saturated rings. The number of ether oxygens (including phenoxy) is 1. The third kappa shape index (κ3) is 5.29. The Kier molecular flexibility index (Phi) is 7.52. The molecular formula is C15H23O7PS2. The minimum absolute atomic E-state index is 0.0122. The van der Waals surface area contributed by atoms with Gasteiger partial charge in [-0.25, -0.2) is 0 Å². The summed E-state index contributed by atoms with van der Waals surface area (Å²) < 4.78 is 59.5. The molecule has 1 aliphatic rings. The predicted octanol–water partition coefficient (Wildman–Crippen LogP) is 2.68. The maximum atomic E-state index is 13.1. The van der Waals surface area contributed by atoms with Gasteiger partial charge in [-0.2, -0.15) is 8.42 Å². The molecular weight excluding hydrogens is 387 g/mol. The van der Waals surface area contributed by atoms with Gasteiger partial charge in [-0.3, -0.25) is 8.75 Å². The molecule has 2 rings (SSSR count). The largest absolute Gasteiger partial charge is 0.364 e. The van der Waals surface area contributed by atoms with E-state index in [0.29, 0.717) is 12.2 Å². The molecule has 1 unspecified atom stereocenters. The zero-order valence-electron chi connectivity index (χ0n) is 14.5. The topological polar surface area (TPSA) is 88.1 Å². The average Bonchev–Trinajstić information content (AvgIpc) is 3.07. The molecule has 0 aliphatic carbocycles. The molecule has 0 saturated carbocycles. The van der Waals surface area contributed by atoms with Gasteiger partial charge in [0.25, 0.3) is 10.1 Å². The van der Waals surface area contributed by atoms with Crippen molar-refractivity contribution in [1.29, 1.82) is 0 Å². The Hall–Kier alpha value is -0.410. The average molecular weight is 410 g/mol. The van der Waals surface area contributed by atoms with E-state index in [1.807, 2.05) is 0 Å². The van der Waals surface area contributed by atoms with Crippen LogP contribution in [0.1, 0.15) is 19.4 Å². The van der Waals surface area contributed by atoms with Crippen LogP contribution in [0.5, 0.6) is 0 Å². The summed E-state index contributed by atoms with van der Waals surface area (Å²) in [6.07, 6.45) is 0. The fourth-order valence-electron chi connectivity index (χ4n) is 2.28. The molecule has 0 amide bonds. The Bertz CT molecular complexity index is 719. The quantitative estimate of drug-likeness (QED) is 0.454. The lowest BCUT2D eigenvalue weighted by Crippen LogP contribution is -2.23. The van der Waals surface area contributed by atoms with Gasteiger partial charge in [0.05, 0.1) is 25.1 Å². The van der Waals surface area contributed by atoms with Gasteiger partial charge < -0.3 is 13.8 Å². The highest BCUT2D eigenvalue weighted by Gasteiger charge is 2.35. The van der Waals surface area contributed by atoms with Gasteiger partial charge >= 0.3 is 7.60 Å². The predicted molar refractivity (Wildman–Crippen MR) is 97.0 cm³/mol. The summed E-state index contributed by atoms with van der Waals surface area (Å²) in [6.45, 7) is 5.78. The second-order valence-electron chi connectivity index (χ2n) is 5.21. The van der Waals surface area contributed by atoms with E-state index >= 15 is 0 Å². The molecule has 1 aliphatic heterocycles. The maximum Gasteiger partial charge on any atom is 0.362 e. The van der Waals surface area contributed by atoms with Crippen molar-refractivity contribution < 1.29 is 31.0 Å². The van der Waals surface area contributed by atoms with E-state index in [0.717, 1.165) is 5.75 Å².